The zero-order valence-corrected chi connectivity index (χ0v) is 22.0. The SMILES string of the molecule is CCCCOc1cc(C[C@@H]2CS(=O)(=O)C[C@H](NCc3cccc(C(C)(C)C)c3)[C@H]2O)cc(F)c1N. The molecule has 0 unspecified atom stereocenters. The zero-order valence-electron chi connectivity index (χ0n) is 21.2. The number of nitrogens with two attached hydrogens (primary N) is 1. The Morgan fingerprint density at radius 2 is 1.91 bits per heavy atom. The van der Waals surface area contributed by atoms with E-state index in [-0.39, 0.29) is 34.8 Å². The lowest BCUT2D eigenvalue weighted by Gasteiger charge is -2.35. The molecule has 3 atom stereocenters. The number of unbranched alkanes of at least 4 members (excludes halogenated alkanes) is 1. The third kappa shape index (κ3) is 7.41. The van der Waals surface area contributed by atoms with Crippen molar-refractivity contribution in [1.82, 2.24) is 5.32 Å². The number of anilines is 1. The van der Waals surface area contributed by atoms with Gasteiger partial charge in [-0.25, -0.2) is 12.8 Å². The van der Waals surface area contributed by atoms with Crippen LogP contribution in [0.1, 0.15) is 57.2 Å². The summed E-state index contributed by atoms with van der Waals surface area (Å²) in [5.41, 5.74) is 8.55. The van der Waals surface area contributed by atoms with Gasteiger partial charge in [-0.2, -0.15) is 0 Å². The summed E-state index contributed by atoms with van der Waals surface area (Å²) in [7, 11) is -3.39. The maximum Gasteiger partial charge on any atom is 0.152 e. The third-order valence-electron chi connectivity index (χ3n) is 6.56. The molecular formula is C27H39FN2O4S. The Balaban J connectivity index is 1.74. The first-order valence-corrected chi connectivity index (χ1v) is 14.1. The Morgan fingerprint density at radius 3 is 2.60 bits per heavy atom. The lowest BCUT2D eigenvalue weighted by molar-refractivity contribution is 0.0780. The number of hydrogen-bond acceptors (Lipinski definition) is 6. The Bertz CT molecular complexity index is 1110. The van der Waals surface area contributed by atoms with E-state index in [0.29, 0.717) is 18.7 Å². The second-order valence-corrected chi connectivity index (χ2v) is 12.8. The normalized spacial score (nSPS) is 22.2. The van der Waals surface area contributed by atoms with Crippen LogP contribution in [0.2, 0.25) is 0 Å². The van der Waals surface area contributed by atoms with E-state index in [4.69, 9.17) is 10.5 Å². The molecule has 6 nitrogen and oxygen atoms in total. The van der Waals surface area contributed by atoms with E-state index in [1.165, 1.54) is 11.6 Å². The van der Waals surface area contributed by atoms with Crippen molar-refractivity contribution in [2.75, 3.05) is 23.8 Å². The molecule has 0 saturated carbocycles. The smallest absolute Gasteiger partial charge is 0.152 e. The van der Waals surface area contributed by atoms with Crippen molar-refractivity contribution in [3.05, 3.63) is 58.9 Å². The van der Waals surface area contributed by atoms with Crippen LogP contribution in [0.25, 0.3) is 0 Å². The number of nitrogen functional groups attached to an aromatic ring is 1. The highest BCUT2D eigenvalue weighted by Crippen LogP contribution is 2.31. The summed E-state index contributed by atoms with van der Waals surface area (Å²) < 4.78 is 45.5. The van der Waals surface area contributed by atoms with Gasteiger partial charge in [0.2, 0.25) is 0 Å². The molecule has 1 saturated heterocycles. The van der Waals surface area contributed by atoms with Crippen molar-refractivity contribution >= 4 is 15.5 Å². The molecule has 1 aliphatic heterocycles. The minimum Gasteiger partial charge on any atom is -0.491 e. The van der Waals surface area contributed by atoms with Gasteiger partial charge in [-0.1, -0.05) is 58.4 Å². The summed E-state index contributed by atoms with van der Waals surface area (Å²) in [6.07, 6.45) is 1.06. The van der Waals surface area contributed by atoms with Crippen molar-refractivity contribution < 1.29 is 22.7 Å². The summed E-state index contributed by atoms with van der Waals surface area (Å²) in [4.78, 5) is 0. The summed E-state index contributed by atoms with van der Waals surface area (Å²) in [6, 6.07) is 10.5. The number of aliphatic hydroxyl groups excluding tert-OH is 1. The van der Waals surface area contributed by atoms with Gasteiger partial charge < -0.3 is 20.9 Å². The van der Waals surface area contributed by atoms with Crippen molar-refractivity contribution in [3.8, 4) is 5.75 Å². The average molecular weight is 507 g/mol. The van der Waals surface area contributed by atoms with Crippen LogP contribution in [0.15, 0.2) is 36.4 Å². The summed E-state index contributed by atoms with van der Waals surface area (Å²) in [5, 5.41) is 14.3. The van der Waals surface area contributed by atoms with Gasteiger partial charge in [-0.15, -0.1) is 0 Å². The first-order chi connectivity index (χ1) is 16.4. The van der Waals surface area contributed by atoms with E-state index in [0.717, 1.165) is 18.4 Å². The minimum absolute atomic E-state index is 0.00224. The fraction of sp³-hybridized carbons (Fsp3) is 0.556. The van der Waals surface area contributed by atoms with Gasteiger partial charge in [0.05, 0.1) is 24.2 Å². The highest BCUT2D eigenvalue weighted by molar-refractivity contribution is 7.91. The predicted octanol–water partition coefficient (Wildman–Crippen LogP) is 3.99. The van der Waals surface area contributed by atoms with Gasteiger partial charge in [-0.3, -0.25) is 0 Å². The number of ether oxygens (including phenoxy) is 1. The predicted molar refractivity (Wildman–Crippen MR) is 139 cm³/mol. The molecule has 2 aromatic rings. The highest BCUT2D eigenvalue weighted by Gasteiger charge is 2.39. The maximum absolute atomic E-state index is 14.5. The van der Waals surface area contributed by atoms with Crippen LogP contribution in [0.5, 0.6) is 5.75 Å². The van der Waals surface area contributed by atoms with Gasteiger partial charge in [-0.05, 0) is 47.1 Å². The Hall–Kier alpha value is -2.16. The van der Waals surface area contributed by atoms with Crippen LogP contribution < -0.4 is 15.8 Å². The van der Waals surface area contributed by atoms with Gasteiger partial charge in [0.15, 0.2) is 9.84 Å². The minimum atomic E-state index is -3.39. The van der Waals surface area contributed by atoms with Gasteiger partial charge in [0, 0.05) is 18.5 Å². The van der Waals surface area contributed by atoms with Gasteiger partial charge in [0.25, 0.3) is 0 Å². The summed E-state index contributed by atoms with van der Waals surface area (Å²) in [6.45, 7) is 9.32. The summed E-state index contributed by atoms with van der Waals surface area (Å²) in [5.74, 6) is -1.20. The molecule has 194 valence electrons. The fourth-order valence-electron chi connectivity index (χ4n) is 4.46. The Kier molecular flexibility index (Phi) is 8.83. The van der Waals surface area contributed by atoms with E-state index in [9.17, 15) is 17.9 Å². The molecule has 8 heteroatoms. The maximum atomic E-state index is 14.5. The van der Waals surface area contributed by atoms with Crippen LogP contribution in [-0.2, 0) is 28.2 Å². The van der Waals surface area contributed by atoms with Crippen molar-refractivity contribution in [1.29, 1.82) is 0 Å². The van der Waals surface area contributed by atoms with Gasteiger partial charge >= 0.3 is 0 Å². The highest BCUT2D eigenvalue weighted by atomic mass is 32.2. The monoisotopic (exact) mass is 506 g/mol. The van der Waals surface area contributed by atoms with Crippen LogP contribution in [0.3, 0.4) is 0 Å². The van der Waals surface area contributed by atoms with Crippen LogP contribution in [0.4, 0.5) is 10.1 Å². The van der Waals surface area contributed by atoms with E-state index < -0.39 is 33.7 Å². The molecular weight excluding hydrogens is 467 g/mol. The molecule has 0 aliphatic carbocycles. The molecule has 35 heavy (non-hydrogen) atoms. The number of sulfone groups is 1. The lowest BCUT2D eigenvalue weighted by Crippen LogP contribution is -2.54. The van der Waals surface area contributed by atoms with E-state index in [1.807, 2.05) is 19.1 Å². The number of aliphatic hydroxyl groups is 1. The molecule has 1 fully saturated rings. The van der Waals surface area contributed by atoms with Crippen LogP contribution >= 0.6 is 0 Å². The Morgan fingerprint density at radius 1 is 1.17 bits per heavy atom. The van der Waals surface area contributed by atoms with Crippen molar-refractivity contribution in [2.45, 2.75) is 71.1 Å². The standard InChI is InChI=1S/C27H39FN2O4S/c1-5-6-10-34-24-14-19(13-22(28)25(24)29)11-20-16-35(32,33)17-23(26(20)31)30-15-18-8-7-9-21(12-18)27(2,3)4/h7-9,12-14,20,23,26,30-31H,5-6,10-11,15-17,29H2,1-4H3/t20-,23+,26+/m1/s1. The second kappa shape index (κ2) is 11.3. The molecule has 4 N–H and O–H groups in total. The lowest BCUT2D eigenvalue weighted by atomic mass is 9.86. The molecule has 0 spiro atoms. The quantitative estimate of drug-likeness (QED) is 0.351. The topological polar surface area (TPSA) is 102 Å². The molecule has 0 amide bonds. The number of halogens is 1. The molecule has 1 heterocycles. The largest absolute Gasteiger partial charge is 0.491 e. The van der Waals surface area contributed by atoms with Crippen LogP contribution in [0, 0.1) is 11.7 Å². The molecule has 0 bridgehead atoms. The number of nitrogens with one attached hydrogen (secondary N) is 1. The van der Waals surface area contributed by atoms with E-state index in [2.05, 4.69) is 38.2 Å². The summed E-state index contributed by atoms with van der Waals surface area (Å²) >= 11 is 0. The first-order valence-electron chi connectivity index (χ1n) is 12.3. The number of hydrogen-bond donors (Lipinski definition) is 3. The van der Waals surface area contributed by atoms with Crippen molar-refractivity contribution in [2.24, 2.45) is 5.92 Å². The average Bonchev–Trinajstić information content (AvgIpc) is 2.77. The molecule has 0 radical (unpaired) electrons. The van der Waals surface area contributed by atoms with E-state index in [1.54, 1.807) is 6.07 Å². The van der Waals surface area contributed by atoms with Crippen molar-refractivity contribution in [3.63, 3.8) is 0 Å². The molecule has 0 aromatic heterocycles. The van der Waals surface area contributed by atoms with Crippen LogP contribution in [-0.4, -0.2) is 43.8 Å². The first kappa shape index (κ1) is 27.4. The van der Waals surface area contributed by atoms with Gasteiger partial charge in [0.1, 0.15) is 17.3 Å². The molecule has 2 aromatic carbocycles. The Labute approximate surface area is 209 Å². The number of benzene rings is 2. The number of rotatable bonds is 9. The fourth-order valence-corrected chi connectivity index (χ4v) is 6.43. The molecule has 3 rings (SSSR count). The third-order valence-corrected chi connectivity index (χ3v) is 8.37. The molecule has 1 aliphatic rings. The zero-order chi connectivity index (χ0) is 25.8. The van der Waals surface area contributed by atoms with E-state index >= 15 is 0 Å². The second-order valence-electron chi connectivity index (χ2n) is 10.7.